The van der Waals surface area contributed by atoms with Crippen molar-refractivity contribution in [3.8, 4) is 0 Å². The Labute approximate surface area is 189 Å². The fourth-order valence-corrected chi connectivity index (χ4v) is 5.13. The summed E-state index contributed by atoms with van der Waals surface area (Å²) in [6, 6.07) is 22.7. The Hall–Kier alpha value is -3.13. The first kappa shape index (κ1) is 20.8. The minimum atomic E-state index is -1.33. The van der Waals surface area contributed by atoms with Gasteiger partial charge in [-0.15, -0.1) is 0 Å². The van der Waals surface area contributed by atoms with Crippen LogP contribution in [0.15, 0.2) is 78.0 Å². The van der Waals surface area contributed by atoms with Gasteiger partial charge in [0.1, 0.15) is 5.75 Å². The largest absolute Gasteiger partial charge is 0.609 e. The van der Waals surface area contributed by atoms with E-state index in [1.54, 1.807) is 24.3 Å². The number of hydrogen-bond donors (Lipinski definition) is 2. The van der Waals surface area contributed by atoms with E-state index < -0.39 is 11.2 Å². The predicted molar refractivity (Wildman–Crippen MR) is 128 cm³/mol. The molecule has 1 unspecified atom stereocenters. The maximum atomic E-state index is 13.2. The lowest BCUT2D eigenvalue weighted by molar-refractivity contribution is 0.103. The monoisotopic (exact) mass is 444 g/mol. The van der Waals surface area contributed by atoms with Crippen LogP contribution >= 0.6 is 0 Å². The molecule has 1 saturated heterocycles. The molecule has 162 valence electrons. The molecule has 0 aliphatic carbocycles. The van der Waals surface area contributed by atoms with Gasteiger partial charge in [0.15, 0.2) is 5.78 Å². The van der Waals surface area contributed by atoms with Crippen LogP contribution in [-0.2, 0) is 16.9 Å². The topological polar surface area (TPSA) is 84.1 Å². The molecule has 0 saturated carbocycles. The summed E-state index contributed by atoms with van der Waals surface area (Å²) in [6.07, 6.45) is 0. The molecule has 2 N–H and O–H groups in total. The van der Waals surface area contributed by atoms with Gasteiger partial charge in [0.05, 0.1) is 11.0 Å². The molecule has 1 fully saturated rings. The summed E-state index contributed by atoms with van der Waals surface area (Å²) < 4.78 is 13.2. The molecule has 7 heteroatoms. The third-order valence-electron chi connectivity index (χ3n) is 5.71. The first-order valence-corrected chi connectivity index (χ1v) is 12.0. The number of fused-ring (bicyclic) bond motifs is 1. The lowest BCUT2D eigenvalue weighted by atomic mass is 10.0. The van der Waals surface area contributed by atoms with E-state index in [2.05, 4.69) is 26.3 Å². The van der Waals surface area contributed by atoms with Crippen LogP contribution < -0.4 is 10.2 Å². The summed E-state index contributed by atoms with van der Waals surface area (Å²) in [4.78, 5) is 22.8. The van der Waals surface area contributed by atoms with Crippen LogP contribution in [-0.4, -0.2) is 46.5 Å². The zero-order valence-corrected chi connectivity index (χ0v) is 18.4. The molecule has 5 rings (SSSR count). The van der Waals surface area contributed by atoms with E-state index in [1.807, 2.05) is 42.5 Å². The number of carbonyl (C=O) groups is 1. The Balaban J connectivity index is 1.38. The molecule has 1 aliphatic heterocycles. The van der Waals surface area contributed by atoms with E-state index in [9.17, 15) is 9.35 Å². The van der Waals surface area contributed by atoms with Crippen molar-refractivity contribution >= 4 is 33.7 Å². The zero-order valence-electron chi connectivity index (χ0n) is 17.6. The van der Waals surface area contributed by atoms with Gasteiger partial charge in [0, 0.05) is 59.7 Å². The van der Waals surface area contributed by atoms with Crippen molar-refractivity contribution in [2.24, 2.45) is 0 Å². The Morgan fingerprint density at radius 3 is 2.53 bits per heavy atom. The van der Waals surface area contributed by atoms with Crippen molar-refractivity contribution in [2.45, 2.75) is 10.9 Å². The minimum Gasteiger partial charge on any atom is -0.609 e. The molecular formula is C25H24N4O2S. The molecule has 0 amide bonds. The lowest BCUT2D eigenvalue weighted by Gasteiger charge is -2.31. The van der Waals surface area contributed by atoms with Gasteiger partial charge in [-0.05, 0) is 24.3 Å². The van der Waals surface area contributed by atoms with Crippen molar-refractivity contribution in [3.63, 3.8) is 0 Å². The molecule has 4 aromatic rings. The van der Waals surface area contributed by atoms with E-state index in [-0.39, 0.29) is 5.78 Å². The summed E-state index contributed by atoms with van der Waals surface area (Å²) in [5, 5.41) is 3.80. The number of ketones is 1. The molecule has 1 aliphatic rings. The fraction of sp³-hybridized carbons (Fsp3) is 0.200. The molecule has 0 spiro atoms. The Morgan fingerprint density at radius 2 is 1.72 bits per heavy atom. The number of H-pyrrole nitrogens is 1. The maximum absolute atomic E-state index is 13.2. The number of benzene rings is 3. The number of para-hydroxylation sites is 1. The summed E-state index contributed by atoms with van der Waals surface area (Å²) in [6.45, 7) is 3.77. The van der Waals surface area contributed by atoms with Gasteiger partial charge in [-0.1, -0.05) is 48.5 Å². The number of rotatable bonds is 6. The Bertz CT molecular complexity index is 1240. The number of aromatic nitrogens is 2. The third kappa shape index (κ3) is 4.27. The first-order valence-electron chi connectivity index (χ1n) is 10.7. The number of anilines is 1. The van der Waals surface area contributed by atoms with Crippen molar-refractivity contribution in [1.82, 2.24) is 15.3 Å². The predicted octanol–water partition coefficient (Wildman–Crippen LogP) is 3.51. The second-order valence-electron chi connectivity index (χ2n) is 7.82. The van der Waals surface area contributed by atoms with E-state index in [0.29, 0.717) is 27.6 Å². The highest BCUT2D eigenvalue weighted by molar-refractivity contribution is 7.90. The first-order chi connectivity index (χ1) is 15.7. The molecule has 3 aromatic carbocycles. The van der Waals surface area contributed by atoms with Gasteiger partial charge < -0.3 is 14.8 Å². The average molecular weight is 445 g/mol. The summed E-state index contributed by atoms with van der Waals surface area (Å²) in [5.41, 5.74) is 4.80. The van der Waals surface area contributed by atoms with Crippen LogP contribution in [0.3, 0.4) is 0 Å². The zero-order chi connectivity index (χ0) is 21.9. The minimum absolute atomic E-state index is 0.0527. The molecule has 1 aromatic heterocycles. The van der Waals surface area contributed by atoms with Gasteiger partial charge in [-0.25, -0.2) is 0 Å². The van der Waals surface area contributed by atoms with Crippen LogP contribution in [0.25, 0.3) is 11.0 Å². The van der Waals surface area contributed by atoms with Gasteiger partial charge >= 0.3 is 5.16 Å². The molecule has 0 bridgehead atoms. The van der Waals surface area contributed by atoms with E-state index >= 15 is 0 Å². The Kier molecular flexibility index (Phi) is 5.94. The highest BCUT2D eigenvalue weighted by Gasteiger charge is 2.22. The average Bonchev–Trinajstić information content (AvgIpc) is 3.29. The fourth-order valence-electron chi connectivity index (χ4n) is 4.04. The molecule has 2 heterocycles. The summed E-state index contributed by atoms with van der Waals surface area (Å²) >= 11 is -1.33. The molecule has 6 nitrogen and oxygen atoms in total. The second-order valence-corrected chi connectivity index (χ2v) is 9.19. The van der Waals surface area contributed by atoms with Crippen LogP contribution in [0.2, 0.25) is 0 Å². The van der Waals surface area contributed by atoms with Gasteiger partial charge in [-0.2, -0.15) is 4.98 Å². The number of hydrogen-bond acceptors (Lipinski definition) is 5. The SMILES string of the molecule is O=C(c1ccccc1)c1ccc2[nH]c([S+]([O-])Cc3ccccc3N3CCNCC3)nc2c1. The number of piperazine rings is 1. The molecule has 32 heavy (non-hydrogen) atoms. The van der Waals surface area contributed by atoms with Crippen molar-refractivity contribution < 1.29 is 9.35 Å². The standard InChI is InChI=1S/C25H24N4O2S/c30-24(18-6-2-1-3-7-18)19-10-11-21-22(16-19)28-25(27-21)32(31)17-20-8-4-5-9-23(20)29-14-12-26-13-15-29/h1-11,16,26H,12-15,17H2,(H,27,28). The van der Waals surface area contributed by atoms with E-state index in [4.69, 9.17) is 0 Å². The van der Waals surface area contributed by atoms with Crippen LogP contribution in [0, 0.1) is 0 Å². The molecule has 1 atom stereocenters. The quantitative estimate of drug-likeness (QED) is 0.351. The second kappa shape index (κ2) is 9.16. The van der Waals surface area contributed by atoms with E-state index in [1.165, 1.54) is 0 Å². The lowest BCUT2D eigenvalue weighted by Crippen LogP contribution is -2.43. The van der Waals surface area contributed by atoms with Crippen LogP contribution in [0.4, 0.5) is 5.69 Å². The maximum Gasteiger partial charge on any atom is 0.321 e. The molecule has 0 radical (unpaired) electrons. The van der Waals surface area contributed by atoms with Crippen molar-refractivity contribution in [2.75, 3.05) is 31.1 Å². The van der Waals surface area contributed by atoms with Crippen LogP contribution in [0.1, 0.15) is 21.5 Å². The van der Waals surface area contributed by atoms with Gasteiger partial charge in [0.2, 0.25) is 0 Å². The summed E-state index contributed by atoms with van der Waals surface area (Å²) in [5.74, 6) is 0.332. The van der Waals surface area contributed by atoms with Gasteiger partial charge in [0.25, 0.3) is 0 Å². The number of imidazole rings is 1. The highest BCUT2D eigenvalue weighted by Crippen LogP contribution is 2.26. The van der Waals surface area contributed by atoms with Crippen LogP contribution in [0.5, 0.6) is 0 Å². The number of carbonyl (C=O) groups excluding carboxylic acids is 1. The van der Waals surface area contributed by atoms with Crippen molar-refractivity contribution in [3.05, 3.63) is 89.5 Å². The van der Waals surface area contributed by atoms with E-state index in [0.717, 1.165) is 42.9 Å². The smallest absolute Gasteiger partial charge is 0.321 e. The summed E-state index contributed by atoms with van der Waals surface area (Å²) in [7, 11) is 0. The normalized spacial score (nSPS) is 15.1. The number of nitrogens with zero attached hydrogens (tertiary/aromatic N) is 2. The van der Waals surface area contributed by atoms with Gasteiger partial charge in [-0.3, -0.25) is 9.78 Å². The number of aromatic amines is 1. The third-order valence-corrected chi connectivity index (χ3v) is 6.91. The number of nitrogens with one attached hydrogen (secondary N) is 2. The Morgan fingerprint density at radius 1 is 0.969 bits per heavy atom. The molecular weight excluding hydrogens is 420 g/mol. The highest BCUT2D eigenvalue weighted by atomic mass is 32.2. The van der Waals surface area contributed by atoms with Crippen molar-refractivity contribution in [1.29, 1.82) is 0 Å².